The molecule has 2 heterocycles. The Morgan fingerprint density at radius 2 is 1.65 bits per heavy atom. The Morgan fingerprint density at radius 3 is 2.18 bits per heavy atom. The third-order valence-electron chi connectivity index (χ3n) is 5.64. The third-order valence-corrected chi connectivity index (χ3v) is 5.64. The smallest absolute Gasteiger partial charge is 0.347 e. The summed E-state index contributed by atoms with van der Waals surface area (Å²) in [5, 5.41) is 69.9. The lowest BCUT2D eigenvalue weighted by Crippen LogP contribution is -2.63. The van der Waals surface area contributed by atoms with Crippen LogP contribution >= 0.6 is 0 Å². The number of hydrogen-bond donors (Lipinski definition) is 7. The van der Waals surface area contributed by atoms with E-state index in [2.05, 4.69) is 0 Å². The Bertz CT molecular complexity index is 676. The quantitative estimate of drug-likeness (QED) is 0.136. The molecule has 14 heteroatoms. The summed E-state index contributed by atoms with van der Waals surface area (Å²) in [6.45, 7) is 0.966. The molecule has 1 unspecified atom stereocenters. The minimum Gasteiger partial charge on any atom is -0.460 e. The van der Waals surface area contributed by atoms with Crippen LogP contribution in [0.3, 0.4) is 0 Å². The summed E-state index contributed by atoms with van der Waals surface area (Å²) in [5.41, 5.74) is 0. The van der Waals surface area contributed by atoms with E-state index in [1.165, 1.54) is 0 Å². The van der Waals surface area contributed by atoms with Gasteiger partial charge in [0.1, 0.15) is 55.9 Å². The molecule has 10 atom stereocenters. The molecule has 0 amide bonds. The molecule has 0 saturated carbocycles. The predicted octanol–water partition coefficient (Wildman–Crippen LogP) is -3.72. The first kappa shape index (κ1) is 28.8. The fraction of sp³-hybridized carbons (Fsp3) is 0.900. The van der Waals surface area contributed by atoms with Gasteiger partial charge in [0.15, 0.2) is 12.4 Å². The van der Waals surface area contributed by atoms with Gasteiger partial charge in [0.05, 0.1) is 6.61 Å². The van der Waals surface area contributed by atoms with Crippen molar-refractivity contribution in [1.82, 2.24) is 0 Å². The standard InChI is InChI=1S/C20H34O14/c1-3-5-12(23)31-9(4-2)18(29)30-7-11-13(24)15(26)16(27)19(32-11)34-20(8-22)17(28)14(25)10(6-21)33-20/h9-11,13-17,19,21-22,24-28H,3-8H2,1-2H3/t9?,10-,11-,13-,14-,15+,16-,17+,19-,20+/m1/s1. The van der Waals surface area contributed by atoms with Crippen molar-refractivity contribution >= 4 is 11.9 Å². The zero-order valence-electron chi connectivity index (χ0n) is 18.9. The molecule has 0 spiro atoms. The number of carbonyl (C=O) groups excluding carboxylic acids is 2. The number of ether oxygens (including phenoxy) is 5. The normalized spacial score (nSPS) is 39.0. The first-order valence-electron chi connectivity index (χ1n) is 11.0. The second kappa shape index (κ2) is 12.5. The number of aliphatic hydroxyl groups is 7. The van der Waals surface area contributed by atoms with Gasteiger partial charge in [0.25, 0.3) is 0 Å². The molecule has 2 fully saturated rings. The molecule has 0 aromatic heterocycles. The number of hydrogen-bond acceptors (Lipinski definition) is 14. The largest absolute Gasteiger partial charge is 0.460 e. The molecule has 34 heavy (non-hydrogen) atoms. The van der Waals surface area contributed by atoms with Crippen molar-refractivity contribution in [1.29, 1.82) is 0 Å². The molecule has 2 aliphatic heterocycles. The maximum atomic E-state index is 12.3. The van der Waals surface area contributed by atoms with Crippen molar-refractivity contribution in [2.24, 2.45) is 0 Å². The van der Waals surface area contributed by atoms with E-state index in [4.69, 9.17) is 23.7 Å². The van der Waals surface area contributed by atoms with Gasteiger partial charge < -0.3 is 59.4 Å². The van der Waals surface area contributed by atoms with Crippen molar-refractivity contribution in [2.75, 3.05) is 19.8 Å². The molecule has 198 valence electrons. The Morgan fingerprint density at radius 1 is 0.971 bits per heavy atom. The minimum absolute atomic E-state index is 0.115. The molecule has 0 bridgehead atoms. The topological polar surface area (TPSA) is 222 Å². The summed E-state index contributed by atoms with van der Waals surface area (Å²) in [5.74, 6) is -3.83. The molecule has 2 aliphatic rings. The van der Waals surface area contributed by atoms with Crippen LogP contribution in [-0.4, -0.2) is 128 Å². The Balaban J connectivity index is 2.07. The molecular formula is C20H34O14. The Hall–Kier alpha value is -1.46. The average Bonchev–Trinajstić information content (AvgIpc) is 3.07. The van der Waals surface area contributed by atoms with Crippen LogP contribution in [0.2, 0.25) is 0 Å². The molecule has 0 aromatic rings. The maximum absolute atomic E-state index is 12.3. The van der Waals surface area contributed by atoms with Gasteiger partial charge in [-0.2, -0.15) is 0 Å². The van der Waals surface area contributed by atoms with Crippen LogP contribution in [0.1, 0.15) is 33.1 Å². The number of carbonyl (C=O) groups is 2. The highest BCUT2D eigenvalue weighted by molar-refractivity contribution is 5.79. The van der Waals surface area contributed by atoms with E-state index >= 15 is 0 Å². The summed E-state index contributed by atoms with van der Waals surface area (Å²) >= 11 is 0. The second-order valence-electron chi connectivity index (χ2n) is 8.14. The van der Waals surface area contributed by atoms with Gasteiger partial charge in [-0.15, -0.1) is 0 Å². The number of aliphatic hydroxyl groups excluding tert-OH is 7. The fourth-order valence-electron chi connectivity index (χ4n) is 3.60. The molecular weight excluding hydrogens is 464 g/mol. The summed E-state index contributed by atoms with van der Waals surface area (Å²) in [7, 11) is 0. The first-order valence-corrected chi connectivity index (χ1v) is 11.0. The summed E-state index contributed by atoms with van der Waals surface area (Å²) < 4.78 is 26.1. The van der Waals surface area contributed by atoms with Crippen LogP contribution < -0.4 is 0 Å². The lowest BCUT2D eigenvalue weighted by atomic mass is 9.99. The van der Waals surface area contributed by atoms with Gasteiger partial charge in [-0.1, -0.05) is 13.8 Å². The van der Waals surface area contributed by atoms with Crippen LogP contribution in [0.4, 0.5) is 0 Å². The number of rotatable bonds is 11. The van der Waals surface area contributed by atoms with Crippen molar-refractivity contribution in [3.05, 3.63) is 0 Å². The van der Waals surface area contributed by atoms with E-state index in [1.807, 2.05) is 0 Å². The van der Waals surface area contributed by atoms with E-state index in [0.29, 0.717) is 6.42 Å². The van der Waals surface area contributed by atoms with Crippen molar-refractivity contribution in [2.45, 2.75) is 94.0 Å². The summed E-state index contributed by atoms with van der Waals surface area (Å²) in [4.78, 5) is 24.0. The van der Waals surface area contributed by atoms with Crippen LogP contribution in [0.25, 0.3) is 0 Å². The fourth-order valence-corrected chi connectivity index (χ4v) is 3.60. The predicted molar refractivity (Wildman–Crippen MR) is 108 cm³/mol. The van der Waals surface area contributed by atoms with Gasteiger partial charge in [0.2, 0.25) is 5.79 Å². The molecule has 0 aromatic carbocycles. The maximum Gasteiger partial charge on any atom is 0.347 e. The SMILES string of the molecule is CCCC(=O)OC(CC)C(=O)OC[C@H]1O[C@H](O[C@]2(CO)O[C@H](CO)[C@@H](O)[C@@H]2O)[C@H](O)[C@@H](O)[C@@H]1O. The third kappa shape index (κ3) is 6.20. The highest BCUT2D eigenvalue weighted by Gasteiger charge is 2.58. The zero-order valence-corrected chi connectivity index (χ0v) is 18.9. The first-order chi connectivity index (χ1) is 16.0. The van der Waals surface area contributed by atoms with Crippen molar-refractivity contribution < 1.29 is 69.0 Å². The molecule has 7 N–H and O–H groups in total. The molecule has 0 radical (unpaired) electrons. The van der Waals surface area contributed by atoms with Gasteiger partial charge in [-0.25, -0.2) is 4.79 Å². The van der Waals surface area contributed by atoms with E-state index in [0.717, 1.165) is 0 Å². The van der Waals surface area contributed by atoms with Crippen LogP contribution in [0.5, 0.6) is 0 Å². The number of esters is 2. The molecule has 2 saturated heterocycles. The van der Waals surface area contributed by atoms with Gasteiger partial charge in [0, 0.05) is 6.42 Å². The lowest BCUT2D eigenvalue weighted by Gasteiger charge is -2.43. The molecule has 14 nitrogen and oxygen atoms in total. The van der Waals surface area contributed by atoms with Crippen LogP contribution in [-0.2, 0) is 33.3 Å². The average molecular weight is 498 g/mol. The molecule has 2 rings (SSSR count). The summed E-state index contributed by atoms with van der Waals surface area (Å²) in [6.07, 6.45) is -14.0. The van der Waals surface area contributed by atoms with Crippen LogP contribution in [0.15, 0.2) is 0 Å². The highest BCUT2D eigenvalue weighted by Crippen LogP contribution is 2.36. The minimum atomic E-state index is -2.33. The zero-order chi connectivity index (χ0) is 25.6. The van der Waals surface area contributed by atoms with Crippen LogP contribution in [0, 0.1) is 0 Å². The van der Waals surface area contributed by atoms with Gasteiger partial charge >= 0.3 is 11.9 Å². The van der Waals surface area contributed by atoms with Gasteiger partial charge in [-0.05, 0) is 12.8 Å². The van der Waals surface area contributed by atoms with Gasteiger partial charge in [-0.3, -0.25) is 4.79 Å². The van der Waals surface area contributed by atoms with E-state index in [9.17, 15) is 45.3 Å². The Labute approximate surface area is 195 Å². The Kier molecular flexibility index (Phi) is 10.6. The second-order valence-corrected chi connectivity index (χ2v) is 8.14. The lowest BCUT2D eigenvalue weighted by molar-refractivity contribution is -0.383. The monoisotopic (exact) mass is 498 g/mol. The van der Waals surface area contributed by atoms with Crippen molar-refractivity contribution in [3.63, 3.8) is 0 Å². The van der Waals surface area contributed by atoms with Crippen molar-refractivity contribution in [3.8, 4) is 0 Å². The molecule has 0 aliphatic carbocycles. The van der Waals surface area contributed by atoms with E-state index in [-0.39, 0.29) is 12.8 Å². The summed E-state index contributed by atoms with van der Waals surface area (Å²) in [6, 6.07) is 0. The highest BCUT2D eigenvalue weighted by atomic mass is 16.8. The van der Waals surface area contributed by atoms with E-state index < -0.39 is 92.7 Å². The van der Waals surface area contributed by atoms with E-state index in [1.54, 1.807) is 13.8 Å².